The van der Waals surface area contributed by atoms with Crippen molar-refractivity contribution in [3.63, 3.8) is 0 Å². The second-order valence-corrected chi connectivity index (χ2v) is 6.11. The van der Waals surface area contributed by atoms with Crippen LogP contribution in [-0.4, -0.2) is 35.0 Å². The van der Waals surface area contributed by atoms with Crippen molar-refractivity contribution in [2.75, 3.05) is 14.2 Å². The van der Waals surface area contributed by atoms with E-state index in [-0.39, 0.29) is 12.1 Å². The molecule has 0 spiro atoms. The molecule has 5 nitrogen and oxygen atoms in total. The van der Waals surface area contributed by atoms with Gasteiger partial charge in [0.1, 0.15) is 17.3 Å². The molecule has 1 N–H and O–H groups in total. The fourth-order valence-corrected chi connectivity index (χ4v) is 3.54. The van der Waals surface area contributed by atoms with Crippen LogP contribution in [0.4, 0.5) is 0 Å². The number of methoxy groups -OCH3 is 2. The minimum atomic E-state index is -0.219. The Kier molecular flexibility index (Phi) is 4.57. The number of hydrogen-bond donors (Lipinski definition) is 1. The van der Waals surface area contributed by atoms with Crippen molar-refractivity contribution in [2.45, 2.75) is 44.8 Å². The summed E-state index contributed by atoms with van der Waals surface area (Å²) in [5.41, 5.74) is 1.92. The fourth-order valence-electron chi connectivity index (χ4n) is 3.54. The van der Waals surface area contributed by atoms with Crippen molar-refractivity contribution in [1.29, 1.82) is 0 Å². The standard InChI is InChI=1S/C18H24N2O3/c1-12-16(22-2)8-7-15(17(12)23-3)18-19-9-10-20(18)13-5-4-6-14(21)11-13/h7-10,13-14,21H,4-6,11H2,1-3H3/t13-,14+/m1/s1. The molecule has 1 fully saturated rings. The van der Waals surface area contributed by atoms with Crippen molar-refractivity contribution in [3.05, 3.63) is 30.1 Å². The summed E-state index contributed by atoms with van der Waals surface area (Å²) in [6, 6.07) is 4.22. The zero-order valence-electron chi connectivity index (χ0n) is 14.0. The van der Waals surface area contributed by atoms with Crippen molar-refractivity contribution >= 4 is 0 Å². The highest BCUT2D eigenvalue weighted by Gasteiger charge is 2.25. The third kappa shape index (κ3) is 2.93. The largest absolute Gasteiger partial charge is 0.496 e. The van der Waals surface area contributed by atoms with E-state index in [0.717, 1.165) is 54.1 Å². The Hall–Kier alpha value is -2.01. The van der Waals surface area contributed by atoms with Crippen LogP contribution in [0, 0.1) is 6.92 Å². The van der Waals surface area contributed by atoms with Crippen molar-refractivity contribution in [3.8, 4) is 22.9 Å². The molecule has 3 rings (SSSR count). The number of rotatable bonds is 4. The van der Waals surface area contributed by atoms with E-state index in [1.54, 1.807) is 14.2 Å². The highest BCUT2D eigenvalue weighted by Crippen LogP contribution is 2.39. The van der Waals surface area contributed by atoms with E-state index in [2.05, 4.69) is 9.55 Å². The molecule has 1 aromatic carbocycles. The van der Waals surface area contributed by atoms with Crippen molar-refractivity contribution < 1.29 is 14.6 Å². The Bertz CT molecular complexity index is 681. The van der Waals surface area contributed by atoms with Gasteiger partial charge in [-0.25, -0.2) is 4.98 Å². The summed E-state index contributed by atoms with van der Waals surface area (Å²) in [4.78, 5) is 4.55. The molecule has 1 aliphatic carbocycles. The van der Waals surface area contributed by atoms with Gasteiger partial charge in [0.25, 0.3) is 0 Å². The van der Waals surface area contributed by atoms with Crippen molar-refractivity contribution in [1.82, 2.24) is 9.55 Å². The van der Waals surface area contributed by atoms with Crippen LogP contribution in [0.1, 0.15) is 37.3 Å². The summed E-state index contributed by atoms with van der Waals surface area (Å²) < 4.78 is 13.2. The molecule has 2 aromatic rings. The lowest BCUT2D eigenvalue weighted by molar-refractivity contribution is 0.104. The van der Waals surface area contributed by atoms with Crippen LogP contribution in [0.15, 0.2) is 24.5 Å². The Balaban J connectivity index is 2.03. The molecule has 1 aliphatic rings. The van der Waals surface area contributed by atoms with Gasteiger partial charge in [0, 0.05) is 24.0 Å². The molecular formula is C18H24N2O3. The van der Waals surface area contributed by atoms with E-state index in [1.165, 1.54) is 0 Å². The van der Waals surface area contributed by atoms with Crippen LogP contribution in [0.2, 0.25) is 0 Å². The van der Waals surface area contributed by atoms with E-state index in [9.17, 15) is 5.11 Å². The first-order valence-corrected chi connectivity index (χ1v) is 8.08. The monoisotopic (exact) mass is 316 g/mol. The van der Waals surface area contributed by atoms with Crippen molar-refractivity contribution in [2.24, 2.45) is 0 Å². The second kappa shape index (κ2) is 6.62. The lowest BCUT2D eigenvalue weighted by atomic mass is 9.92. The van der Waals surface area contributed by atoms with Gasteiger partial charge in [-0.15, -0.1) is 0 Å². The highest BCUT2D eigenvalue weighted by molar-refractivity contribution is 5.69. The molecule has 0 aliphatic heterocycles. The van der Waals surface area contributed by atoms with Gasteiger partial charge >= 0.3 is 0 Å². The second-order valence-electron chi connectivity index (χ2n) is 6.11. The lowest BCUT2D eigenvalue weighted by Gasteiger charge is -2.28. The summed E-state index contributed by atoms with van der Waals surface area (Å²) in [5.74, 6) is 2.47. The predicted molar refractivity (Wildman–Crippen MR) is 89.0 cm³/mol. The number of aliphatic hydroxyl groups excluding tert-OH is 1. The van der Waals surface area contributed by atoms with E-state index < -0.39 is 0 Å². The molecule has 5 heteroatoms. The molecular weight excluding hydrogens is 292 g/mol. The average Bonchev–Trinajstić information content (AvgIpc) is 3.04. The van der Waals surface area contributed by atoms with Gasteiger partial charge in [-0.3, -0.25) is 0 Å². The van der Waals surface area contributed by atoms with Crippen LogP contribution < -0.4 is 9.47 Å². The number of ether oxygens (including phenoxy) is 2. The SMILES string of the molecule is COc1ccc(-c2nccn2[C@@H]2CCC[C@H](O)C2)c(OC)c1C. The number of hydrogen-bond acceptors (Lipinski definition) is 4. The zero-order chi connectivity index (χ0) is 16.4. The van der Waals surface area contributed by atoms with E-state index in [0.29, 0.717) is 0 Å². The topological polar surface area (TPSA) is 56.5 Å². The summed E-state index contributed by atoms with van der Waals surface area (Å²) in [6.07, 6.45) is 7.38. The molecule has 124 valence electrons. The van der Waals surface area contributed by atoms with Gasteiger partial charge in [0.15, 0.2) is 0 Å². The number of aliphatic hydroxyl groups is 1. The third-order valence-corrected chi connectivity index (χ3v) is 4.70. The van der Waals surface area contributed by atoms with Gasteiger partial charge in [0.05, 0.1) is 25.9 Å². The van der Waals surface area contributed by atoms with Gasteiger partial charge in [-0.05, 0) is 44.7 Å². The van der Waals surface area contributed by atoms with E-state index in [4.69, 9.17) is 9.47 Å². The van der Waals surface area contributed by atoms with Gasteiger partial charge in [-0.1, -0.05) is 0 Å². The van der Waals surface area contributed by atoms with Crippen LogP contribution >= 0.6 is 0 Å². The average molecular weight is 316 g/mol. The molecule has 1 aromatic heterocycles. The summed E-state index contributed by atoms with van der Waals surface area (Å²) >= 11 is 0. The number of benzene rings is 1. The minimum Gasteiger partial charge on any atom is -0.496 e. The highest BCUT2D eigenvalue weighted by atomic mass is 16.5. The van der Waals surface area contributed by atoms with E-state index >= 15 is 0 Å². The molecule has 1 heterocycles. The molecule has 23 heavy (non-hydrogen) atoms. The maximum Gasteiger partial charge on any atom is 0.143 e. The van der Waals surface area contributed by atoms with E-state index in [1.807, 2.05) is 31.5 Å². The first kappa shape index (κ1) is 15.9. The summed E-state index contributed by atoms with van der Waals surface area (Å²) in [5, 5.41) is 9.98. The number of imidazole rings is 1. The first-order valence-electron chi connectivity index (χ1n) is 8.08. The molecule has 2 atom stereocenters. The molecule has 0 radical (unpaired) electrons. The maximum absolute atomic E-state index is 9.98. The first-order chi connectivity index (χ1) is 11.2. The predicted octanol–water partition coefficient (Wildman–Crippen LogP) is 3.35. The fraction of sp³-hybridized carbons (Fsp3) is 0.500. The molecule has 1 saturated carbocycles. The lowest BCUT2D eigenvalue weighted by Crippen LogP contribution is -2.22. The Labute approximate surface area is 136 Å². The van der Waals surface area contributed by atoms with Crippen LogP contribution in [0.5, 0.6) is 11.5 Å². The summed E-state index contributed by atoms with van der Waals surface area (Å²) in [7, 11) is 3.33. The van der Waals surface area contributed by atoms with Gasteiger partial charge in [-0.2, -0.15) is 0 Å². The molecule has 0 amide bonds. The quantitative estimate of drug-likeness (QED) is 0.940. The molecule has 0 saturated heterocycles. The Morgan fingerprint density at radius 1 is 1.22 bits per heavy atom. The minimum absolute atomic E-state index is 0.219. The third-order valence-electron chi connectivity index (χ3n) is 4.70. The zero-order valence-corrected chi connectivity index (χ0v) is 14.0. The number of aromatic nitrogens is 2. The number of nitrogens with zero attached hydrogens (tertiary/aromatic N) is 2. The Morgan fingerprint density at radius 2 is 2.04 bits per heavy atom. The summed E-state index contributed by atoms with van der Waals surface area (Å²) in [6.45, 7) is 1.98. The maximum atomic E-state index is 9.98. The smallest absolute Gasteiger partial charge is 0.143 e. The van der Waals surface area contributed by atoms with Crippen LogP contribution in [0.3, 0.4) is 0 Å². The van der Waals surface area contributed by atoms with Crippen LogP contribution in [0.25, 0.3) is 11.4 Å². The van der Waals surface area contributed by atoms with Gasteiger partial charge in [0.2, 0.25) is 0 Å². The molecule has 0 unspecified atom stereocenters. The molecule has 0 bridgehead atoms. The Morgan fingerprint density at radius 3 is 2.74 bits per heavy atom. The van der Waals surface area contributed by atoms with Gasteiger partial charge < -0.3 is 19.1 Å². The normalized spacial score (nSPS) is 21.2. The van der Waals surface area contributed by atoms with Crippen LogP contribution in [-0.2, 0) is 0 Å².